The van der Waals surface area contributed by atoms with Crippen molar-refractivity contribution in [2.75, 3.05) is 16.9 Å². The van der Waals surface area contributed by atoms with E-state index in [2.05, 4.69) is 31.2 Å². The molecule has 3 N–H and O–H groups in total. The van der Waals surface area contributed by atoms with Gasteiger partial charge in [-0.1, -0.05) is 12.0 Å². The van der Waals surface area contributed by atoms with E-state index in [9.17, 15) is 8.42 Å². The van der Waals surface area contributed by atoms with Gasteiger partial charge in [0.25, 0.3) is 0 Å². The molecule has 0 atom stereocenters. The van der Waals surface area contributed by atoms with Crippen LogP contribution >= 0.6 is 0 Å². The fourth-order valence-electron chi connectivity index (χ4n) is 3.21. The number of hydrogen-bond donors (Lipinski definition) is 3. The number of anilines is 3. The molecule has 1 heterocycles. The second-order valence-electron chi connectivity index (χ2n) is 6.72. The highest BCUT2D eigenvalue weighted by Gasteiger charge is 2.23. The van der Waals surface area contributed by atoms with Crippen LogP contribution in [0.5, 0.6) is 0 Å². The summed E-state index contributed by atoms with van der Waals surface area (Å²) in [4.78, 5) is 8.53. The van der Waals surface area contributed by atoms with Crippen LogP contribution in [0.3, 0.4) is 0 Å². The third-order valence-electron chi connectivity index (χ3n) is 4.43. The van der Waals surface area contributed by atoms with Crippen molar-refractivity contribution in [1.29, 1.82) is 0 Å². The Kier molecular flexibility index (Phi) is 5.94. The Morgan fingerprint density at radius 3 is 2.48 bits per heavy atom. The number of aromatic nitrogens is 2. The quantitative estimate of drug-likeness (QED) is 0.661. The van der Waals surface area contributed by atoms with Crippen molar-refractivity contribution in [2.45, 2.75) is 37.8 Å². The number of benzene rings is 1. The molecular formula is C19H23N5O2S. The van der Waals surface area contributed by atoms with Gasteiger partial charge in [0, 0.05) is 29.4 Å². The van der Waals surface area contributed by atoms with E-state index in [-0.39, 0.29) is 12.1 Å². The summed E-state index contributed by atoms with van der Waals surface area (Å²) < 4.78 is 25.4. The number of nitrogens with zero attached hydrogens (tertiary/aromatic N) is 2. The third kappa shape index (κ3) is 5.94. The van der Waals surface area contributed by atoms with Gasteiger partial charge in [-0.3, -0.25) is 0 Å². The maximum Gasteiger partial charge on any atom is 0.208 e. The second-order valence-corrected chi connectivity index (χ2v) is 8.50. The molecule has 1 saturated carbocycles. The lowest BCUT2D eigenvalue weighted by Crippen LogP contribution is -2.39. The van der Waals surface area contributed by atoms with Crippen LogP contribution in [-0.2, 0) is 10.0 Å². The van der Waals surface area contributed by atoms with Crippen LogP contribution in [0, 0.1) is 12.3 Å². The van der Waals surface area contributed by atoms with E-state index in [1.807, 2.05) is 30.3 Å². The van der Waals surface area contributed by atoms with Gasteiger partial charge in [-0.25, -0.2) is 23.1 Å². The SMILES string of the molecule is C#Cc1cccc(Nc2cc(NC3CCC(NS(C)(=O)=O)CC3)ncn2)c1. The number of nitrogens with one attached hydrogen (secondary N) is 3. The van der Waals surface area contributed by atoms with Crippen LogP contribution in [0.25, 0.3) is 0 Å². The van der Waals surface area contributed by atoms with E-state index in [4.69, 9.17) is 6.42 Å². The summed E-state index contributed by atoms with van der Waals surface area (Å²) in [5.74, 6) is 4.02. The standard InChI is InChI=1S/C19H23N5O2S/c1-3-14-5-4-6-17(11-14)23-19-12-18(20-13-21-19)22-15-7-9-16(10-8-15)24-27(2,25)26/h1,4-6,11-13,15-16,24H,7-10H2,2H3,(H2,20,21,22,23). The van der Waals surface area contributed by atoms with E-state index in [1.54, 1.807) is 0 Å². The van der Waals surface area contributed by atoms with Crippen molar-refractivity contribution in [3.63, 3.8) is 0 Å². The normalized spacial score (nSPS) is 19.9. The molecule has 0 radical (unpaired) electrons. The average Bonchev–Trinajstić information content (AvgIpc) is 2.63. The lowest BCUT2D eigenvalue weighted by atomic mass is 9.92. The molecule has 0 aliphatic heterocycles. The van der Waals surface area contributed by atoms with Crippen LogP contribution in [0.1, 0.15) is 31.2 Å². The van der Waals surface area contributed by atoms with Crippen molar-refractivity contribution >= 4 is 27.3 Å². The predicted molar refractivity (Wildman–Crippen MR) is 107 cm³/mol. The molecule has 0 spiro atoms. The van der Waals surface area contributed by atoms with Gasteiger partial charge in [0.05, 0.1) is 6.26 Å². The summed E-state index contributed by atoms with van der Waals surface area (Å²) in [7, 11) is -3.15. The van der Waals surface area contributed by atoms with Crippen LogP contribution in [0.15, 0.2) is 36.7 Å². The minimum Gasteiger partial charge on any atom is -0.367 e. The van der Waals surface area contributed by atoms with E-state index >= 15 is 0 Å². The van der Waals surface area contributed by atoms with Gasteiger partial charge in [-0.2, -0.15) is 0 Å². The number of rotatable bonds is 6. The molecule has 7 nitrogen and oxygen atoms in total. The highest BCUT2D eigenvalue weighted by Crippen LogP contribution is 2.23. The monoisotopic (exact) mass is 385 g/mol. The van der Waals surface area contributed by atoms with Crippen LogP contribution in [0.4, 0.5) is 17.3 Å². The maximum atomic E-state index is 11.3. The molecule has 1 fully saturated rings. The van der Waals surface area contributed by atoms with Crippen molar-refractivity contribution < 1.29 is 8.42 Å². The zero-order valence-electron chi connectivity index (χ0n) is 15.1. The summed E-state index contributed by atoms with van der Waals surface area (Å²) in [6.07, 6.45) is 11.5. The molecule has 1 aromatic heterocycles. The molecule has 27 heavy (non-hydrogen) atoms. The first kappa shape index (κ1) is 19.1. The average molecular weight is 385 g/mol. The van der Waals surface area contributed by atoms with Crippen molar-refractivity contribution in [3.8, 4) is 12.3 Å². The minimum absolute atomic E-state index is 0.0177. The predicted octanol–water partition coefficient (Wildman–Crippen LogP) is 2.47. The van der Waals surface area contributed by atoms with Gasteiger partial charge in [0.15, 0.2) is 0 Å². The third-order valence-corrected chi connectivity index (χ3v) is 5.19. The van der Waals surface area contributed by atoms with E-state index in [1.165, 1.54) is 12.6 Å². The highest BCUT2D eigenvalue weighted by atomic mass is 32.2. The Morgan fingerprint density at radius 2 is 1.78 bits per heavy atom. The number of sulfonamides is 1. The fourth-order valence-corrected chi connectivity index (χ4v) is 4.05. The Hall–Kier alpha value is -2.63. The van der Waals surface area contributed by atoms with E-state index < -0.39 is 10.0 Å². The van der Waals surface area contributed by atoms with Crippen LogP contribution in [-0.4, -0.2) is 36.7 Å². The lowest BCUT2D eigenvalue weighted by molar-refractivity contribution is 0.387. The fraction of sp³-hybridized carbons (Fsp3) is 0.368. The van der Waals surface area contributed by atoms with Crippen molar-refractivity contribution in [1.82, 2.24) is 14.7 Å². The van der Waals surface area contributed by atoms with Crippen molar-refractivity contribution in [2.24, 2.45) is 0 Å². The molecule has 0 saturated heterocycles. The molecule has 2 aromatic rings. The number of terminal acetylenes is 1. The minimum atomic E-state index is -3.15. The van der Waals surface area contributed by atoms with Gasteiger partial charge in [0.1, 0.15) is 18.0 Å². The van der Waals surface area contributed by atoms with Gasteiger partial charge < -0.3 is 10.6 Å². The molecule has 1 aliphatic rings. The topological polar surface area (TPSA) is 96.0 Å². The molecule has 1 aliphatic carbocycles. The van der Waals surface area contributed by atoms with Gasteiger partial charge in [-0.05, 0) is 43.9 Å². The summed E-state index contributed by atoms with van der Waals surface area (Å²) in [6, 6.07) is 9.69. The second kappa shape index (κ2) is 8.37. The first-order valence-electron chi connectivity index (χ1n) is 8.81. The lowest BCUT2D eigenvalue weighted by Gasteiger charge is -2.29. The molecule has 0 amide bonds. The smallest absolute Gasteiger partial charge is 0.208 e. The molecule has 142 valence electrons. The molecule has 0 bridgehead atoms. The van der Waals surface area contributed by atoms with Gasteiger partial charge in [-0.15, -0.1) is 6.42 Å². The summed E-state index contributed by atoms with van der Waals surface area (Å²) in [5.41, 5.74) is 1.66. The summed E-state index contributed by atoms with van der Waals surface area (Å²) in [5, 5.41) is 6.64. The maximum absolute atomic E-state index is 11.3. The summed E-state index contributed by atoms with van der Waals surface area (Å²) in [6.45, 7) is 0. The summed E-state index contributed by atoms with van der Waals surface area (Å²) >= 11 is 0. The van der Waals surface area contributed by atoms with Crippen LogP contribution in [0.2, 0.25) is 0 Å². The Morgan fingerprint density at radius 1 is 1.07 bits per heavy atom. The molecule has 3 rings (SSSR count). The Labute approximate surface area is 160 Å². The Bertz CT molecular complexity index is 931. The first-order valence-corrected chi connectivity index (χ1v) is 10.7. The number of hydrogen-bond acceptors (Lipinski definition) is 6. The highest BCUT2D eigenvalue weighted by molar-refractivity contribution is 7.88. The van der Waals surface area contributed by atoms with E-state index in [0.29, 0.717) is 5.82 Å². The van der Waals surface area contributed by atoms with Crippen molar-refractivity contribution in [3.05, 3.63) is 42.2 Å². The van der Waals surface area contributed by atoms with Crippen LogP contribution < -0.4 is 15.4 Å². The Balaban J connectivity index is 1.57. The zero-order chi connectivity index (χ0) is 19.3. The molecule has 8 heteroatoms. The van der Waals surface area contributed by atoms with E-state index in [0.717, 1.165) is 42.8 Å². The zero-order valence-corrected chi connectivity index (χ0v) is 16.0. The van der Waals surface area contributed by atoms with Gasteiger partial charge in [0.2, 0.25) is 10.0 Å². The van der Waals surface area contributed by atoms with Gasteiger partial charge >= 0.3 is 0 Å². The molecular weight excluding hydrogens is 362 g/mol. The molecule has 1 aromatic carbocycles. The largest absolute Gasteiger partial charge is 0.367 e. The molecule has 0 unspecified atom stereocenters. The first-order chi connectivity index (χ1) is 12.9.